The maximum absolute atomic E-state index is 12.8. The number of nitrogens with one attached hydrogen (secondary N) is 2. The van der Waals surface area contributed by atoms with Crippen molar-refractivity contribution in [2.24, 2.45) is 0 Å². The number of alkyl halides is 2. The minimum atomic E-state index is -4.24. The lowest BCUT2D eigenvalue weighted by Crippen LogP contribution is -2.48. The molecule has 35 heavy (non-hydrogen) atoms. The first-order chi connectivity index (χ1) is 16.6. The highest BCUT2D eigenvalue weighted by atomic mass is 32.2. The Morgan fingerprint density at radius 2 is 1.66 bits per heavy atom. The highest BCUT2D eigenvalue weighted by molar-refractivity contribution is 7.89. The second-order valence-electron chi connectivity index (χ2n) is 7.38. The molecule has 0 bridgehead atoms. The predicted octanol–water partition coefficient (Wildman–Crippen LogP) is 2.65. The Kier molecular flexibility index (Phi) is 8.33. The van der Waals surface area contributed by atoms with Crippen LogP contribution in [-0.4, -0.2) is 50.8 Å². The summed E-state index contributed by atoms with van der Waals surface area (Å²) in [6.07, 6.45) is -1.50. The number of carbonyl (C=O) groups excluding carboxylic acids is 2. The minimum Gasteiger partial charge on any atom is -0.454 e. The molecule has 3 aromatic rings. The third-order valence-corrected chi connectivity index (χ3v) is 6.21. The largest absolute Gasteiger partial charge is 0.454 e. The van der Waals surface area contributed by atoms with Gasteiger partial charge in [0.1, 0.15) is 11.8 Å². The molecule has 3 rings (SSSR count). The van der Waals surface area contributed by atoms with Crippen molar-refractivity contribution in [3.05, 3.63) is 66.7 Å². The summed E-state index contributed by atoms with van der Waals surface area (Å²) in [6, 6.07) is 15.1. The van der Waals surface area contributed by atoms with Gasteiger partial charge < -0.3 is 19.9 Å². The maximum Gasteiger partial charge on any atom is 0.387 e. The van der Waals surface area contributed by atoms with E-state index in [-0.39, 0.29) is 16.3 Å². The van der Waals surface area contributed by atoms with Gasteiger partial charge in [-0.15, -0.1) is 0 Å². The fourth-order valence-corrected chi connectivity index (χ4v) is 4.39. The highest BCUT2D eigenvalue weighted by Gasteiger charge is 2.31. The SMILES string of the molecule is C[C@@H](O)[C@@H](NS(=O)(=O)c1ccc2ccccc2c1)C(=O)OCC(=O)Nc1ccccc1OC(F)F. The minimum absolute atomic E-state index is 0.0852. The number of amides is 1. The van der Waals surface area contributed by atoms with Crippen LogP contribution in [0, 0.1) is 0 Å². The molecule has 0 aliphatic carbocycles. The Labute approximate surface area is 199 Å². The average Bonchev–Trinajstić information content (AvgIpc) is 2.81. The zero-order valence-electron chi connectivity index (χ0n) is 18.4. The zero-order chi connectivity index (χ0) is 25.6. The van der Waals surface area contributed by atoms with Gasteiger partial charge in [0, 0.05) is 0 Å². The molecule has 0 aliphatic heterocycles. The molecule has 3 aromatic carbocycles. The first kappa shape index (κ1) is 26.0. The number of para-hydroxylation sites is 2. The van der Waals surface area contributed by atoms with E-state index in [1.165, 1.54) is 43.3 Å². The van der Waals surface area contributed by atoms with E-state index in [1.807, 2.05) is 0 Å². The number of halogens is 2. The van der Waals surface area contributed by atoms with Gasteiger partial charge in [-0.3, -0.25) is 9.59 Å². The number of aliphatic hydroxyl groups is 1. The summed E-state index contributed by atoms with van der Waals surface area (Å²) in [5.74, 6) is -2.41. The molecule has 0 spiro atoms. The van der Waals surface area contributed by atoms with E-state index < -0.39 is 47.3 Å². The van der Waals surface area contributed by atoms with Gasteiger partial charge in [-0.2, -0.15) is 13.5 Å². The number of aliphatic hydroxyl groups excluding tert-OH is 1. The van der Waals surface area contributed by atoms with E-state index in [9.17, 15) is 31.9 Å². The van der Waals surface area contributed by atoms with Gasteiger partial charge in [0.25, 0.3) is 5.91 Å². The van der Waals surface area contributed by atoms with Gasteiger partial charge in [0.2, 0.25) is 10.0 Å². The molecule has 12 heteroatoms. The van der Waals surface area contributed by atoms with E-state index in [0.29, 0.717) is 5.39 Å². The highest BCUT2D eigenvalue weighted by Crippen LogP contribution is 2.25. The normalized spacial score (nSPS) is 13.3. The van der Waals surface area contributed by atoms with E-state index >= 15 is 0 Å². The molecule has 0 saturated heterocycles. The van der Waals surface area contributed by atoms with Crippen molar-refractivity contribution >= 4 is 38.4 Å². The Morgan fingerprint density at radius 1 is 1.00 bits per heavy atom. The van der Waals surface area contributed by atoms with Crippen LogP contribution >= 0.6 is 0 Å². The predicted molar refractivity (Wildman–Crippen MR) is 122 cm³/mol. The van der Waals surface area contributed by atoms with Crippen molar-refractivity contribution in [1.82, 2.24) is 4.72 Å². The molecule has 0 fully saturated rings. The van der Waals surface area contributed by atoms with Crippen molar-refractivity contribution in [1.29, 1.82) is 0 Å². The molecule has 1 amide bonds. The summed E-state index contributed by atoms with van der Waals surface area (Å²) in [7, 11) is -4.24. The van der Waals surface area contributed by atoms with Crippen LogP contribution in [0.1, 0.15) is 6.92 Å². The topological polar surface area (TPSA) is 131 Å². The lowest BCUT2D eigenvalue weighted by atomic mass is 10.1. The average molecular weight is 508 g/mol. The van der Waals surface area contributed by atoms with Crippen LogP contribution in [0.4, 0.5) is 14.5 Å². The number of rotatable bonds is 10. The molecule has 0 aliphatic rings. The van der Waals surface area contributed by atoms with Crippen molar-refractivity contribution in [3.63, 3.8) is 0 Å². The van der Waals surface area contributed by atoms with Crippen molar-refractivity contribution in [3.8, 4) is 5.75 Å². The number of benzene rings is 3. The molecule has 3 N–H and O–H groups in total. The third-order valence-electron chi connectivity index (χ3n) is 4.77. The Balaban J connectivity index is 1.66. The summed E-state index contributed by atoms with van der Waals surface area (Å²) >= 11 is 0. The molecule has 186 valence electrons. The van der Waals surface area contributed by atoms with E-state index in [0.717, 1.165) is 5.39 Å². The number of hydrogen-bond donors (Lipinski definition) is 3. The third kappa shape index (κ3) is 6.94. The number of carbonyl (C=O) groups is 2. The second kappa shape index (κ2) is 11.2. The second-order valence-corrected chi connectivity index (χ2v) is 9.09. The first-order valence-electron chi connectivity index (χ1n) is 10.3. The molecule has 0 unspecified atom stereocenters. The number of fused-ring (bicyclic) bond motifs is 1. The summed E-state index contributed by atoms with van der Waals surface area (Å²) in [4.78, 5) is 24.5. The molecule has 0 aromatic heterocycles. The van der Waals surface area contributed by atoms with Crippen LogP contribution in [0.2, 0.25) is 0 Å². The van der Waals surface area contributed by atoms with Gasteiger partial charge >= 0.3 is 12.6 Å². The van der Waals surface area contributed by atoms with Gasteiger partial charge in [-0.05, 0) is 42.0 Å². The molecule has 0 heterocycles. The quantitative estimate of drug-likeness (QED) is 0.359. The summed E-state index contributed by atoms with van der Waals surface area (Å²) in [5, 5.41) is 13.7. The maximum atomic E-state index is 12.8. The summed E-state index contributed by atoms with van der Waals surface area (Å²) < 4.78 is 61.9. The van der Waals surface area contributed by atoms with Crippen LogP contribution in [0.15, 0.2) is 71.6 Å². The summed E-state index contributed by atoms with van der Waals surface area (Å²) in [6.45, 7) is -2.82. The van der Waals surface area contributed by atoms with Crippen molar-refractivity contribution < 1.29 is 41.4 Å². The Morgan fingerprint density at radius 3 is 2.34 bits per heavy atom. The van der Waals surface area contributed by atoms with Crippen LogP contribution in [-0.2, 0) is 24.3 Å². The van der Waals surface area contributed by atoms with E-state index in [1.54, 1.807) is 30.3 Å². The lowest BCUT2D eigenvalue weighted by Gasteiger charge is -2.20. The Hall–Kier alpha value is -3.61. The smallest absolute Gasteiger partial charge is 0.387 e. The molecule has 9 nitrogen and oxygen atoms in total. The standard InChI is InChI=1S/C23H22F2N2O7S/c1-14(28)21(27-35(31,32)17-11-10-15-6-2-3-7-16(15)12-17)22(30)33-13-20(29)26-18-8-4-5-9-19(18)34-23(24)25/h2-12,14,21,23,27-28H,13H2,1H3,(H,26,29)/t14-,21-/m1/s1. The zero-order valence-corrected chi connectivity index (χ0v) is 19.2. The first-order valence-corrected chi connectivity index (χ1v) is 11.7. The van der Waals surface area contributed by atoms with Crippen LogP contribution in [0.5, 0.6) is 5.75 Å². The van der Waals surface area contributed by atoms with Gasteiger partial charge in [-0.25, -0.2) is 8.42 Å². The lowest BCUT2D eigenvalue weighted by molar-refractivity contribution is -0.151. The molecule has 0 saturated carbocycles. The van der Waals surface area contributed by atoms with Crippen molar-refractivity contribution in [2.45, 2.75) is 30.6 Å². The number of anilines is 1. The van der Waals surface area contributed by atoms with Gasteiger partial charge in [-0.1, -0.05) is 42.5 Å². The van der Waals surface area contributed by atoms with Gasteiger partial charge in [0.05, 0.1) is 16.7 Å². The molecule has 0 radical (unpaired) electrons. The summed E-state index contributed by atoms with van der Waals surface area (Å²) in [5.41, 5.74) is -0.0852. The number of esters is 1. The number of hydrogen-bond acceptors (Lipinski definition) is 7. The van der Waals surface area contributed by atoms with Crippen molar-refractivity contribution in [2.75, 3.05) is 11.9 Å². The Bertz CT molecular complexity index is 1320. The van der Waals surface area contributed by atoms with E-state index in [4.69, 9.17) is 4.74 Å². The molecular weight excluding hydrogens is 486 g/mol. The van der Waals surface area contributed by atoms with Gasteiger partial charge in [0.15, 0.2) is 6.61 Å². The molecular formula is C23H22F2N2O7S. The number of sulfonamides is 1. The fraction of sp³-hybridized carbons (Fsp3) is 0.217. The molecule has 2 atom stereocenters. The fourth-order valence-electron chi connectivity index (χ4n) is 3.09. The van der Waals surface area contributed by atoms with E-state index in [2.05, 4.69) is 14.8 Å². The van der Waals surface area contributed by atoms with Crippen LogP contribution in [0.3, 0.4) is 0 Å². The van der Waals surface area contributed by atoms with Crippen LogP contribution in [0.25, 0.3) is 10.8 Å². The number of ether oxygens (including phenoxy) is 2. The van der Waals surface area contributed by atoms with Crippen LogP contribution < -0.4 is 14.8 Å². The monoisotopic (exact) mass is 508 g/mol.